The van der Waals surface area contributed by atoms with Crippen LogP contribution < -0.4 is 4.90 Å². The number of fused-ring (bicyclic) bond motifs is 3. The molecule has 2 aliphatic heterocycles. The highest BCUT2D eigenvalue weighted by Crippen LogP contribution is 2.43. The number of pyridine rings is 1. The van der Waals surface area contributed by atoms with Crippen LogP contribution in [0.2, 0.25) is 5.15 Å². The summed E-state index contributed by atoms with van der Waals surface area (Å²) in [5.74, 6) is 0.685. The predicted molar refractivity (Wildman–Crippen MR) is 142 cm³/mol. The standard InChI is InChI=1S/C24H30BrClFN5O2S/c1-6-8-9-14-15-11-10-13(32(15)23(33)34-24(3,4)5)12-31(14)21-16-18(28-22(30-21)35-7-2)17(27)20(26)29-19(16)25/h6,13-15H,1,7-12H2,2-5H3/t13-,14-,15+/m1/s1. The van der Waals surface area contributed by atoms with Gasteiger partial charge < -0.3 is 9.64 Å². The molecule has 2 aromatic rings. The van der Waals surface area contributed by atoms with Crippen molar-refractivity contribution in [1.29, 1.82) is 0 Å². The highest BCUT2D eigenvalue weighted by Gasteiger charge is 2.50. The third-order valence-electron chi connectivity index (χ3n) is 6.28. The summed E-state index contributed by atoms with van der Waals surface area (Å²) in [6.07, 6.45) is 4.85. The summed E-state index contributed by atoms with van der Waals surface area (Å²) < 4.78 is 21.3. The highest BCUT2D eigenvalue weighted by molar-refractivity contribution is 9.10. The quantitative estimate of drug-likeness (QED) is 0.163. The molecule has 4 rings (SSSR count). The number of piperazine rings is 1. The van der Waals surface area contributed by atoms with E-state index in [4.69, 9.17) is 21.3 Å². The molecule has 0 aromatic carbocycles. The fourth-order valence-electron chi connectivity index (χ4n) is 4.99. The van der Waals surface area contributed by atoms with E-state index in [0.29, 0.717) is 27.5 Å². The fraction of sp³-hybridized carbons (Fsp3) is 0.583. The molecule has 0 saturated carbocycles. The van der Waals surface area contributed by atoms with E-state index >= 15 is 4.39 Å². The van der Waals surface area contributed by atoms with Crippen LogP contribution in [0.4, 0.5) is 15.0 Å². The van der Waals surface area contributed by atoms with Gasteiger partial charge in [0.1, 0.15) is 21.5 Å². The monoisotopic (exact) mass is 585 g/mol. The molecule has 3 atom stereocenters. The number of ether oxygens (including phenoxy) is 1. The van der Waals surface area contributed by atoms with E-state index in [1.165, 1.54) is 11.8 Å². The molecule has 4 heterocycles. The molecule has 0 unspecified atom stereocenters. The molecule has 0 spiro atoms. The highest BCUT2D eigenvalue weighted by atomic mass is 79.9. The van der Waals surface area contributed by atoms with Crippen LogP contribution in [0.1, 0.15) is 53.4 Å². The second-order valence-electron chi connectivity index (χ2n) is 9.77. The minimum absolute atomic E-state index is 0.0361. The van der Waals surface area contributed by atoms with E-state index < -0.39 is 11.4 Å². The number of anilines is 1. The molecule has 11 heteroatoms. The number of thioether (sulfide) groups is 1. The van der Waals surface area contributed by atoms with Crippen molar-refractivity contribution in [3.05, 3.63) is 28.2 Å². The SMILES string of the molecule is C=CCC[C@@H]1[C@@H]2CC[C@H](CN1c1nc(SCC)nc3c(F)c(Cl)nc(Br)c13)N2C(=O)OC(C)(C)C. The summed E-state index contributed by atoms with van der Waals surface area (Å²) in [7, 11) is 0. The van der Waals surface area contributed by atoms with Gasteiger partial charge in [-0.25, -0.2) is 24.1 Å². The maximum Gasteiger partial charge on any atom is 0.410 e. The van der Waals surface area contributed by atoms with Crippen LogP contribution in [0, 0.1) is 5.82 Å². The average molecular weight is 587 g/mol. The topological polar surface area (TPSA) is 71.5 Å². The predicted octanol–water partition coefficient (Wildman–Crippen LogP) is 6.61. The van der Waals surface area contributed by atoms with Crippen molar-refractivity contribution in [2.24, 2.45) is 0 Å². The van der Waals surface area contributed by atoms with Gasteiger partial charge in [-0.05, 0) is 68.1 Å². The summed E-state index contributed by atoms with van der Waals surface area (Å²) in [6, 6.07) is -0.145. The Bertz CT molecular complexity index is 1150. The van der Waals surface area contributed by atoms with Gasteiger partial charge in [0.15, 0.2) is 16.1 Å². The molecule has 190 valence electrons. The third-order valence-corrected chi connectivity index (χ3v) is 7.83. The Balaban J connectivity index is 1.83. The van der Waals surface area contributed by atoms with Crippen molar-refractivity contribution in [2.75, 3.05) is 17.2 Å². The van der Waals surface area contributed by atoms with Crippen molar-refractivity contribution >= 4 is 62.1 Å². The lowest BCUT2D eigenvalue weighted by Gasteiger charge is -2.47. The molecule has 0 aliphatic carbocycles. The van der Waals surface area contributed by atoms with Crippen LogP contribution in [0.5, 0.6) is 0 Å². The van der Waals surface area contributed by atoms with Crippen LogP contribution in [0.25, 0.3) is 10.9 Å². The summed E-state index contributed by atoms with van der Waals surface area (Å²) in [6.45, 7) is 12.1. The van der Waals surface area contributed by atoms with E-state index in [9.17, 15) is 4.79 Å². The lowest BCUT2D eigenvalue weighted by molar-refractivity contribution is 0.00718. The van der Waals surface area contributed by atoms with E-state index in [1.807, 2.05) is 38.7 Å². The zero-order valence-corrected chi connectivity index (χ0v) is 23.5. The van der Waals surface area contributed by atoms with Gasteiger partial charge in [0.2, 0.25) is 0 Å². The number of carbonyl (C=O) groups excluding carboxylic acids is 1. The first-order valence-electron chi connectivity index (χ1n) is 11.8. The Morgan fingerprint density at radius 1 is 1.34 bits per heavy atom. The van der Waals surface area contributed by atoms with Crippen molar-refractivity contribution in [3.63, 3.8) is 0 Å². The Hall–Kier alpha value is -1.65. The van der Waals surface area contributed by atoms with Crippen LogP contribution in [0.15, 0.2) is 22.4 Å². The summed E-state index contributed by atoms with van der Waals surface area (Å²) >= 11 is 11.0. The van der Waals surface area contributed by atoms with Gasteiger partial charge in [0.25, 0.3) is 0 Å². The molecule has 2 aromatic heterocycles. The smallest absolute Gasteiger partial charge is 0.410 e. The first kappa shape index (κ1) is 26.4. The molecular weight excluding hydrogens is 557 g/mol. The maximum absolute atomic E-state index is 15.1. The molecule has 2 saturated heterocycles. The summed E-state index contributed by atoms with van der Waals surface area (Å²) in [5.41, 5.74) is -0.436. The number of nitrogens with zero attached hydrogens (tertiary/aromatic N) is 5. The number of hydrogen-bond donors (Lipinski definition) is 0. The van der Waals surface area contributed by atoms with Gasteiger partial charge in [0.05, 0.1) is 23.5 Å². The molecule has 2 fully saturated rings. The first-order valence-corrected chi connectivity index (χ1v) is 13.9. The number of carbonyl (C=O) groups is 1. The molecule has 2 aliphatic rings. The first-order chi connectivity index (χ1) is 16.6. The second-order valence-corrected chi connectivity index (χ2v) is 12.1. The Kier molecular flexibility index (Phi) is 7.83. The number of halogens is 3. The van der Waals surface area contributed by atoms with Crippen LogP contribution in [-0.2, 0) is 4.74 Å². The zero-order valence-electron chi connectivity index (χ0n) is 20.4. The minimum Gasteiger partial charge on any atom is -0.444 e. The van der Waals surface area contributed by atoms with Gasteiger partial charge >= 0.3 is 6.09 Å². The summed E-state index contributed by atoms with van der Waals surface area (Å²) in [5, 5.41) is 0.730. The molecule has 1 amide bonds. The van der Waals surface area contributed by atoms with Gasteiger partial charge in [-0.2, -0.15) is 0 Å². The van der Waals surface area contributed by atoms with Crippen LogP contribution >= 0.6 is 39.3 Å². The Morgan fingerprint density at radius 3 is 2.74 bits per heavy atom. The molecule has 0 N–H and O–H groups in total. The van der Waals surface area contributed by atoms with Crippen molar-refractivity contribution < 1.29 is 13.9 Å². The molecule has 0 radical (unpaired) electrons. The van der Waals surface area contributed by atoms with Gasteiger partial charge in [-0.3, -0.25) is 4.90 Å². The van der Waals surface area contributed by atoms with Gasteiger partial charge in [-0.15, -0.1) is 6.58 Å². The van der Waals surface area contributed by atoms with Crippen molar-refractivity contribution in [1.82, 2.24) is 19.9 Å². The van der Waals surface area contributed by atoms with Crippen molar-refractivity contribution in [2.45, 2.75) is 82.3 Å². The third kappa shape index (κ3) is 5.25. The number of allylic oxidation sites excluding steroid dienone is 1. The summed E-state index contributed by atoms with van der Waals surface area (Å²) in [4.78, 5) is 30.8. The lowest BCUT2D eigenvalue weighted by atomic mass is 9.97. The lowest BCUT2D eigenvalue weighted by Crippen LogP contribution is -2.62. The molecule has 35 heavy (non-hydrogen) atoms. The van der Waals surface area contributed by atoms with Gasteiger partial charge in [0, 0.05) is 6.54 Å². The molecule has 2 bridgehead atoms. The minimum atomic E-state index is -0.663. The normalized spacial score (nSPS) is 22.1. The van der Waals surface area contributed by atoms with Crippen molar-refractivity contribution in [3.8, 4) is 0 Å². The number of amides is 1. The van der Waals surface area contributed by atoms with E-state index in [-0.39, 0.29) is 34.9 Å². The Labute approximate surface area is 223 Å². The largest absolute Gasteiger partial charge is 0.444 e. The molecule has 7 nitrogen and oxygen atoms in total. The number of aromatic nitrogens is 3. The van der Waals surface area contributed by atoms with Crippen LogP contribution in [0.3, 0.4) is 0 Å². The molecular formula is C24H30BrClFN5O2S. The fourth-order valence-corrected chi connectivity index (χ4v) is 6.37. The average Bonchev–Trinajstić information content (AvgIpc) is 3.10. The zero-order chi connectivity index (χ0) is 25.5. The Morgan fingerprint density at radius 2 is 2.09 bits per heavy atom. The maximum atomic E-state index is 15.1. The van der Waals surface area contributed by atoms with E-state index in [1.54, 1.807) is 0 Å². The number of hydrogen-bond acceptors (Lipinski definition) is 7. The second kappa shape index (κ2) is 10.4. The number of rotatable bonds is 6. The van der Waals surface area contributed by atoms with E-state index in [0.717, 1.165) is 31.4 Å². The van der Waals surface area contributed by atoms with Gasteiger partial charge in [-0.1, -0.05) is 36.4 Å². The van der Waals surface area contributed by atoms with Crippen LogP contribution in [-0.4, -0.2) is 62.0 Å². The van der Waals surface area contributed by atoms with E-state index in [2.05, 4.69) is 37.4 Å².